The van der Waals surface area contributed by atoms with Gasteiger partial charge in [0.05, 0.1) is 6.33 Å². The number of aromatic nitrogens is 2. The van der Waals surface area contributed by atoms with E-state index in [2.05, 4.69) is 15.0 Å². The molecule has 6 heteroatoms. The molecule has 0 fully saturated rings. The van der Waals surface area contributed by atoms with Gasteiger partial charge in [-0.15, -0.1) is 0 Å². The maximum atomic E-state index is 11.7. The molecule has 4 N–H and O–H groups in total. The number of nitrogens with zero attached hydrogens (tertiary/aromatic N) is 2. The Hall–Kier alpha value is -3.15. The minimum absolute atomic E-state index is 0.0184. The van der Waals surface area contributed by atoms with Crippen molar-refractivity contribution in [1.29, 1.82) is 0 Å². The zero-order valence-electron chi connectivity index (χ0n) is 10.9. The van der Waals surface area contributed by atoms with E-state index in [1.165, 1.54) is 12.5 Å². The number of benzene rings is 2. The molecule has 0 amide bonds. The van der Waals surface area contributed by atoms with Crippen LogP contribution in [0.5, 0.6) is 5.75 Å². The summed E-state index contributed by atoms with van der Waals surface area (Å²) in [6.45, 7) is 0. The van der Waals surface area contributed by atoms with Crippen LogP contribution in [0.3, 0.4) is 0 Å². The topological polar surface area (TPSA) is 104 Å². The fourth-order valence-corrected chi connectivity index (χ4v) is 2.08. The fraction of sp³-hybridized carbons (Fsp3) is 0. The van der Waals surface area contributed by atoms with Gasteiger partial charge in [-0.3, -0.25) is 4.79 Å². The number of aromatic amines is 1. The zero-order chi connectivity index (χ0) is 14.8. The normalized spacial score (nSPS) is 11.2. The molecule has 0 saturated carbocycles. The molecular weight excluding hydrogens is 268 g/mol. The Morgan fingerprint density at radius 3 is 2.86 bits per heavy atom. The molecule has 104 valence electrons. The van der Waals surface area contributed by atoms with E-state index in [0.717, 1.165) is 10.8 Å². The van der Waals surface area contributed by atoms with Gasteiger partial charge in [-0.05, 0) is 16.8 Å². The van der Waals surface area contributed by atoms with Crippen LogP contribution < -0.4 is 11.3 Å². The van der Waals surface area contributed by atoms with Gasteiger partial charge in [0.1, 0.15) is 5.75 Å². The maximum Gasteiger partial charge on any atom is 0.278 e. The molecule has 6 nitrogen and oxygen atoms in total. The van der Waals surface area contributed by atoms with E-state index in [9.17, 15) is 9.90 Å². The average molecular weight is 280 g/mol. The number of H-pyrrole nitrogens is 1. The first kappa shape index (κ1) is 12.9. The van der Waals surface area contributed by atoms with Crippen LogP contribution >= 0.6 is 0 Å². The lowest BCUT2D eigenvalue weighted by molar-refractivity contribution is 0.475. The second-order valence-corrected chi connectivity index (χ2v) is 4.44. The first-order valence-electron chi connectivity index (χ1n) is 6.25. The monoisotopic (exact) mass is 280 g/mol. The van der Waals surface area contributed by atoms with Crippen molar-refractivity contribution in [3.05, 3.63) is 58.6 Å². The minimum atomic E-state index is -0.432. The molecule has 0 atom stereocenters. The molecule has 0 aliphatic carbocycles. The predicted octanol–water partition coefficient (Wildman–Crippen LogP) is 1.96. The third-order valence-electron chi connectivity index (χ3n) is 3.13. The van der Waals surface area contributed by atoms with E-state index < -0.39 is 5.56 Å². The third kappa shape index (κ3) is 2.34. The zero-order valence-corrected chi connectivity index (χ0v) is 10.9. The molecular formula is C15H12N4O2. The van der Waals surface area contributed by atoms with E-state index >= 15 is 0 Å². The van der Waals surface area contributed by atoms with Gasteiger partial charge < -0.3 is 15.8 Å². The molecule has 21 heavy (non-hydrogen) atoms. The number of nitrogens with two attached hydrogens (primary N) is 1. The quantitative estimate of drug-likeness (QED) is 0.624. The van der Waals surface area contributed by atoms with Crippen molar-refractivity contribution in [1.82, 2.24) is 9.97 Å². The third-order valence-corrected chi connectivity index (χ3v) is 3.13. The number of phenols is 1. The summed E-state index contributed by atoms with van der Waals surface area (Å²) in [5.74, 6) is 0.117. The second-order valence-electron chi connectivity index (χ2n) is 4.44. The molecule has 0 saturated heterocycles. The van der Waals surface area contributed by atoms with Gasteiger partial charge in [0.15, 0.2) is 11.5 Å². The van der Waals surface area contributed by atoms with E-state index in [1.54, 1.807) is 6.07 Å². The Kier molecular flexibility index (Phi) is 3.12. The van der Waals surface area contributed by atoms with Crippen molar-refractivity contribution in [2.45, 2.75) is 0 Å². The van der Waals surface area contributed by atoms with Crippen molar-refractivity contribution in [2.75, 3.05) is 5.73 Å². The lowest BCUT2D eigenvalue weighted by Gasteiger charge is -2.04. The number of nitrogen functional groups attached to an aromatic ring is 1. The van der Waals surface area contributed by atoms with Crippen molar-refractivity contribution >= 4 is 28.5 Å². The van der Waals surface area contributed by atoms with Crippen molar-refractivity contribution < 1.29 is 5.11 Å². The van der Waals surface area contributed by atoms with Gasteiger partial charge in [-0.2, -0.15) is 0 Å². The number of rotatable bonds is 2. The Labute approximate surface area is 119 Å². The molecule has 1 aromatic heterocycles. The summed E-state index contributed by atoms with van der Waals surface area (Å²) in [7, 11) is 0. The summed E-state index contributed by atoms with van der Waals surface area (Å²) in [5, 5.41) is 11.8. The average Bonchev–Trinajstić information content (AvgIpc) is 2.48. The number of phenolic OH excluding ortho intramolecular Hbond substituents is 1. The largest absolute Gasteiger partial charge is 0.507 e. The SMILES string of the molecule is Nc1nc[nH]c(=O)c1N=Cc1c(O)ccc2ccccc12. The summed E-state index contributed by atoms with van der Waals surface area (Å²) in [4.78, 5) is 21.9. The Bertz CT molecular complexity index is 900. The van der Waals surface area contributed by atoms with Crippen molar-refractivity contribution in [2.24, 2.45) is 4.99 Å². The van der Waals surface area contributed by atoms with Crippen LogP contribution in [0.25, 0.3) is 10.8 Å². The summed E-state index contributed by atoms with van der Waals surface area (Å²) >= 11 is 0. The number of fused-ring (bicyclic) bond motifs is 1. The Morgan fingerprint density at radius 2 is 2.05 bits per heavy atom. The fourth-order valence-electron chi connectivity index (χ4n) is 2.08. The lowest BCUT2D eigenvalue weighted by Crippen LogP contribution is -2.08. The van der Waals surface area contributed by atoms with Crippen molar-refractivity contribution in [3.63, 3.8) is 0 Å². The highest BCUT2D eigenvalue weighted by Crippen LogP contribution is 2.26. The Morgan fingerprint density at radius 1 is 1.24 bits per heavy atom. The molecule has 0 unspecified atom stereocenters. The summed E-state index contributed by atoms with van der Waals surface area (Å²) in [5.41, 5.74) is 5.74. The molecule has 0 aliphatic heterocycles. The van der Waals surface area contributed by atoms with Crippen LogP contribution in [0.4, 0.5) is 11.5 Å². The minimum Gasteiger partial charge on any atom is -0.507 e. The molecule has 1 heterocycles. The van der Waals surface area contributed by atoms with Crippen molar-refractivity contribution in [3.8, 4) is 5.75 Å². The highest BCUT2D eigenvalue weighted by atomic mass is 16.3. The van der Waals surface area contributed by atoms with Gasteiger partial charge in [-0.1, -0.05) is 30.3 Å². The predicted molar refractivity (Wildman–Crippen MR) is 82.1 cm³/mol. The number of anilines is 1. The number of hydrogen-bond acceptors (Lipinski definition) is 5. The molecule has 0 aliphatic rings. The van der Waals surface area contributed by atoms with E-state index in [0.29, 0.717) is 5.56 Å². The first-order chi connectivity index (χ1) is 10.2. The van der Waals surface area contributed by atoms with Gasteiger partial charge in [0, 0.05) is 11.8 Å². The van der Waals surface area contributed by atoms with Gasteiger partial charge in [0.2, 0.25) is 0 Å². The van der Waals surface area contributed by atoms with E-state index in [4.69, 9.17) is 5.73 Å². The molecule has 3 aromatic rings. The van der Waals surface area contributed by atoms with Crippen LogP contribution in [-0.2, 0) is 0 Å². The molecule has 0 bridgehead atoms. The van der Waals surface area contributed by atoms with E-state index in [-0.39, 0.29) is 17.3 Å². The number of hydrogen-bond donors (Lipinski definition) is 3. The summed E-state index contributed by atoms with van der Waals surface area (Å²) < 4.78 is 0. The smallest absolute Gasteiger partial charge is 0.278 e. The highest BCUT2D eigenvalue weighted by molar-refractivity contribution is 6.03. The standard InChI is InChI=1S/C15H12N4O2/c16-14-13(15(21)19-8-18-14)17-7-11-10-4-2-1-3-9(10)5-6-12(11)20/h1-8,20H,(H3,16,18,19,21). The maximum absolute atomic E-state index is 11.7. The number of nitrogens with one attached hydrogen (secondary N) is 1. The van der Waals surface area contributed by atoms with Gasteiger partial charge in [0.25, 0.3) is 5.56 Å². The first-order valence-corrected chi connectivity index (χ1v) is 6.25. The molecule has 0 radical (unpaired) electrons. The molecule has 3 rings (SSSR count). The van der Waals surface area contributed by atoms with E-state index in [1.807, 2.05) is 30.3 Å². The van der Waals surface area contributed by atoms with Crippen LogP contribution in [0.15, 0.2) is 52.5 Å². The van der Waals surface area contributed by atoms with Gasteiger partial charge in [-0.25, -0.2) is 9.98 Å². The summed E-state index contributed by atoms with van der Waals surface area (Å²) in [6, 6.07) is 11.0. The molecule has 0 spiro atoms. The number of aliphatic imine (C=N–C) groups is 1. The van der Waals surface area contributed by atoms with Gasteiger partial charge >= 0.3 is 0 Å². The van der Waals surface area contributed by atoms with Crippen LogP contribution in [-0.4, -0.2) is 21.3 Å². The summed E-state index contributed by atoms with van der Waals surface area (Å²) in [6.07, 6.45) is 2.63. The van der Waals surface area contributed by atoms with Crippen LogP contribution in [0.1, 0.15) is 5.56 Å². The highest BCUT2D eigenvalue weighted by Gasteiger charge is 2.06. The Balaban J connectivity index is 2.16. The lowest BCUT2D eigenvalue weighted by atomic mass is 10.0. The second kappa shape index (κ2) is 5.09. The van der Waals surface area contributed by atoms with Crippen LogP contribution in [0.2, 0.25) is 0 Å². The van der Waals surface area contributed by atoms with Crippen LogP contribution in [0, 0.1) is 0 Å². The molecule has 2 aromatic carbocycles. The number of aromatic hydroxyl groups is 1.